The molecule has 0 aliphatic heterocycles. The van der Waals surface area contributed by atoms with Gasteiger partial charge in [-0.25, -0.2) is 0 Å². The Morgan fingerprint density at radius 3 is 2.60 bits per heavy atom. The molecule has 0 saturated carbocycles. The highest BCUT2D eigenvalue weighted by molar-refractivity contribution is 7.13. The van der Waals surface area contributed by atoms with Crippen LogP contribution in [0.5, 0.6) is 0 Å². The van der Waals surface area contributed by atoms with Crippen LogP contribution >= 0.6 is 11.3 Å². The molecule has 122 valence electrons. The first-order chi connectivity index (χ1) is 12.1. The normalized spacial score (nSPS) is 10.9. The average Bonchev–Trinajstić information content (AvgIpc) is 3.17. The van der Waals surface area contributed by atoms with Gasteiger partial charge in [-0.1, -0.05) is 30.3 Å². The summed E-state index contributed by atoms with van der Waals surface area (Å²) in [4.78, 5) is 25.4. The van der Waals surface area contributed by atoms with Crippen molar-refractivity contribution in [1.29, 1.82) is 0 Å². The van der Waals surface area contributed by atoms with Crippen LogP contribution in [-0.2, 0) is 0 Å². The maximum absolute atomic E-state index is 12.5. The molecule has 0 atom stereocenters. The number of nitrogens with two attached hydrogens (primary N) is 1. The van der Waals surface area contributed by atoms with E-state index in [-0.39, 0.29) is 11.0 Å². The van der Waals surface area contributed by atoms with Crippen LogP contribution in [0, 0.1) is 0 Å². The van der Waals surface area contributed by atoms with Gasteiger partial charge in [0.25, 0.3) is 5.91 Å². The number of primary amides is 1. The second kappa shape index (κ2) is 6.03. The second-order valence-corrected chi connectivity index (χ2v) is 6.60. The summed E-state index contributed by atoms with van der Waals surface area (Å²) in [5.41, 5.74) is 7.74. The quantitative estimate of drug-likeness (QED) is 0.613. The first-order valence-electron chi connectivity index (χ1n) is 7.73. The standard InChI is InChI=1S/C20H14N2O2S/c21-20(24)16-12-22(17-8-2-1-7-15(17)19(16)23)14-6-3-5-13(11-14)18-9-4-10-25-18/h1-12H,(H2,21,24). The van der Waals surface area contributed by atoms with E-state index in [0.717, 1.165) is 21.6 Å². The second-order valence-electron chi connectivity index (χ2n) is 5.65. The molecule has 0 unspecified atom stereocenters. The molecular formula is C20H14N2O2S. The Kier molecular flexibility index (Phi) is 3.71. The number of pyridine rings is 1. The number of carbonyl (C=O) groups excluding carboxylic acids is 1. The van der Waals surface area contributed by atoms with Gasteiger partial charge in [0.05, 0.1) is 5.52 Å². The van der Waals surface area contributed by atoms with Gasteiger partial charge in [-0.3, -0.25) is 9.59 Å². The van der Waals surface area contributed by atoms with E-state index in [1.165, 1.54) is 6.20 Å². The van der Waals surface area contributed by atoms with Gasteiger partial charge in [0.1, 0.15) is 5.56 Å². The molecule has 2 heterocycles. The number of amides is 1. The number of benzene rings is 2. The minimum Gasteiger partial charge on any atom is -0.365 e. The summed E-state index contributed by atoms with van der Waals surface area (Å²) >= 11 is 1.66. The highest BCUT2D eigenvalue weighted by atomic mass is 32.1. The highest BCUT2D eigenvalue weighted by Crippen LogP contribution is 2.27. The van der Waals surface area contributed by atoms with E-state index in [0.29, 0.717) is 5.39 Å². The Balaban J connectivity index is 2.01. The maximum atomic E-state index is 12.5. The number of para-hydroxylation sites is 1. The molecule has 0 radical (unpaired) electrons. The summed E-state index contributed by atoms with van der Waals surface area (Å²) < 4.78 is 1.84. The van der Waals surface area contributed by atoms with Crippen molar-refractivity contribution in [2.24, 2.45) is 5.73 Å². The summed E-state index contributed by atoms with van der Waals surface area (Å²) in [6.07, 6.45) is 1.53. The molecule has 4 nitrogen and oxygen atoms in total. The number of hydrogen-bond donors (Lipinski definition) is 1. The third-order valence-electron chi connectivity index (χ3n) is 4.11. The van der Waals surface area contributed by atoms with Crippen molar-refractivity contribution in [3.63, 3.8) is 0 Å². The zero-order valence-corrected chi connectivity index (χ0v) is 14.0. The lowest BCUT2D eigenvalue weighted by atomic mass is 10.1. The van der Waals surface area contributed by atoms with Crippen LogP contribution in [-0.4, -0.2) is 10.5 Å². The van der Waals surface area contributed by atoms with Crippen LogP contribution in [0.25, 0.3) is 27.0 Å². The SMILES string of the molecule is NC(=O)c1cn(-c2cccc(-c3cccs3)c2)c2ccccc2c1=O. The van der Waals surface area contributed by atoms with Crippen LogP contribution < -0.4 is 11.2 Å². The van der Waals surface area contributed by atoms with Crippen molar-refractivity contribution in [3.05, 3.63) is 88.0 Å². The minimum atomic E-state index is -0.723. The lowest BCUT2D eigenvalue weighted by molar-refractivity contribution is 0.0999. The molecule has 5 heteroatoms. The van der Waals surface area contributed by atoms with Gasteiger partial charge < -0.3 is 10.3 Å². The molecular weight excluding hydrogens is 332 g/mol. The number of fused-ring (bicyclic) bond motifs is 1. The van der Waals surface area contributed by atoms with E-state index in [1.807, 2.05) is 52.4 Å². The van der Waals surface area contributed by atoms with Crippen molar-refractivity contribution < 1.29 is 4.79 Å². The van der Waals surface area contributed by atoms with Gasteiger partial charge in [-0.15, -0.1) is 11.3 Å². The Hall–Kier alpha value is -3.18. The first kappa shape index (κ1) is 15.4. The Labute approximate surface area is 147 Å². The van der Waals surface area contributed by atoms with Crippen molar-refractivity contribution in [2.75, 3.05) is 0 Å². The van der Waals surface area contributed by atoms with Crippen LogP contribution in [0.1, 0.15) is 10.4 Å². The zero-order chi connectivity index (χ0) is 17.4. The Morgan fingerprint density at radius 1 is 1.00 bits per heavy atom. The summed E-state index contributed by atoms with van der Waals surface area (Å²) in [5, 5.41) is 2.50. The Bertz CT molecular complexity index is 1140. The van der Waals surface area contributed by atoms with E-state index in [1.54, 1.807) is 23.5 Å². The lowest BCUT2D eigenvalue weighted by Gasteiger charge is -2.13. The number of rotatable bonds is 3. The third kappa shape index (κ3) is 2.64. The summed E-state index contributed by atoms with van der Waals surface area (Å²) in [5.74, 6) is -0.723. The molecule has 0 bridgehead atoms. The molecule has 0 fully saturated rings. The largest absolute Gasteiger partial charge is 0.365 e. The number of aromatic nitrogens is 1. The molecule has 2 aromatic heterocycles. The fourth-order valence-electron chi connectivity index (χ4n) is 2.92. The molecule has 0 aliphatic carbocycles. The molecule has 0 spiro atoms. The molecule has 1 amide bonds. The third-order valence-corrected chi connectivity index (χ3v) is 5.03. The predicted octanol–water partition coefficient (Wildman–Crippen LogP) is 3.82. The smallest absolute Gasteiger partial charge is 0.254 e. The molecule has 4 rings (SSSR count). The highest BCUT2D eigenvalue weighted by Gasteiger charge is 2.14. The van der Waals surface area contributed by atoms with Crippen LogP contribution in [0.3, 0.4) is 0 Å². The molecule has 2 N–H and O–H groups in total. The van der Waals surface area contributed by atoms with Crippen molar-refractivity contribution >= 4 is 28.1 Å². The average molecular weight is 346 g/mol. The molecule has 4 aromatic rings. The molecule has 0 saturated heterocycles. The van der Waals surface area contributed by atoms with Gasteiger partial charge in [0, 0.05) is 22.1 Å². The number of thiophene rings is 1. The first-order valence-corrected chi connectivity index (χ1v) is 8.61. The maximum Gasteiger partial charge on any atom is 0.254 e. The predicted molar refractivity (Wildman–Crippen MR) is 101 cm³/mol. The van der Waals surface area contributed by atoms with Gasteiger partial charge >= 0.3 is 0 Å². The number of carbonyl (C=O) groups is 1. The van der Waals surface area contributed by atoms with Gasteiger partial charge in [0.2, 0.25) is 5.43 Å². The van der Waals surface area contributed by atoms with Crippen molar-refractivity contribution in [2.45, 2.75) is 0 Å². The summed E-state index contributed by atoms with van der Waals surface area (Å²) in [6.45, 7) is 0. The number of hydrogen-bond acceptors (Lipinski definition) is 3. The molecule has 0 aliphatic rings. The molecule has 25 heavy (non-hydrogen) atoms. The van der Waals surface area contributed by atoms with E-state index < -0.39 is 5.91 Å². The van der Waals surface area contributed by atoms with E-state index >= 15 is 0 Å². The van der Waals surface area contributed by atoms with Crippen LogP contribution in [0.4, 0.5) is 0 Å². The summed E-state index contributed by atoms with van der Waals surface area (Å²) in [6, 6.07) is 19.3. The monoisotopic (exact) mass is 346 g/mol. The number of nitrogens with zero attached hydrogens (tertiary/aromatic N) is 1. The Morgan fingerprint density at radius 2 is 1.84 bits per heavy atom. The van der Waals surface area contributed by atoms with E-state index in [2.05, 4.69) is 6.07 Å². The minimum absolute atomic E-state index is 0.0137. The van der Waals surface area contributed by atoms with Crippen LogP contribution in [0.2, 0.25) is 0 Å². The van der Waals surface area contributed by atoms with E-state index in [9.17, 15) is 9.59 Å². The van der Waals surface area contributed by atoms with E-state index in [4.69, 9.17) is 5.73 Å². The fraction of sp³-hybridized carbons (Fsp3) is 0. The fourth-order valence-corrected chi connectivity index (χ4v) is 3.64. The van der Waals surface area contributed by atoms with Crippen LogP contribution in [0.15, 0.2) is 77.0 Å². The topological polar surface area (TPSA) is 65.1 Å². The zero-order valence-electron chi connectivity index (χ0n) is 13.2. The summed E-state index contributed by atoms with van der Waals surface area (Å²) in [7, 11) is 0. The van der Waals surface area contributed by atoms with Crippen molar-refractivity contribution in [1.82, 2.24) is 4.57 Å². The molecule has 2 aromatic carbocycles. The van der Waals surface area contributed by atoms with Gasteiger partial charge in [0.15, 0.2) is 0 Å². The van der Waals surface area contributed by atoms with Crippen molar-refractivity contribution in [3.8, 4) is 16.1 Å². The lowest BCUT2D eigenvalue weighted by Crippen LogP contribution is -2.23. The van der Waals surface area contributed by atoms with Gasteiger partial charge in [-0.05, 0) is 41.3 Å². The van der Waals surface area contributed by atoms with Gasteiger partial charge in [-0.2, -0.15) is 0 Å².